The van der Waals surface area contributed by atoms with Crippen LogP contribution in [0.15, 0.2) is 60.9 Å². The Balaban J connectivity index is 0.000000179. The standard InChI is InChI=1S/C10H7F3N2OS.C10H7N3S/c11-10(12,13)16-7-3-1-2-6(4-7)8-5-14-9(17)15-8;11-5-7-2-1-3-8(4-7)9-6-12-10(14)13-9/h1-5H,(H2,14,15,17);1-4,6H,(H2,12,13,14). The molecular formula is C20H14F3N5OS2. The minimum atomic E-state index is -4.69. The molecule has 2 aromatic heterocycles. The van der Waals surface area contributed by atoms with Gasteiger partial charge in [-0.15, -0.1) is 13.2 Å². The highest BCUT2D eigenvalue weighted by Gasteiger charge is 2.31. The molecule has 31 heavy (non-hydrogen) atoms. The Morgan fingerprint density at radius 3 is 1.87 bits per heavy atom. The number of imidazole rings is 2. The molecule has 0 aliphatic heterocycles. The molecule has 2 heterocycles. The molecule has 0 bridgehead atoms. The molecule has 11 heteroatoms. The van der Waals surface area contributed by atoms with Gasteiger partial charge in [-0.05, 0) is 48.7 Å². The van der Waals surface area contributed by atoms with E-state index in [4.69, 9.17) is 29.7 Å². The Bertz CT molecular complexity index is 1330. The predicted octanol–water partition coefficient (Wildman–Crippen LogP) is 6.25. The Hall–Kier alpha value is -3.62. The van der Waals surface area contributed by atoms with Crippen molar-refractivity contribution in [1.29, 1.82) is 5.26 Å². The smallest absolute Gasteiger partial charge is 0.406 e. The summed E-state index contributed by atoms with van der Waals surface area (Å²) in [7, 11) is 0. The third-order valence-corrected chi connectivity index (χ3v) is 4.31. The molecule has 4 rings (SSSR count). The van der Waals surface area contributed by atoms with Crippen LogP contribution in [0.25, 0.3) is 22.5 Å². The SMILES string of the molecule is FC(F)(F)Oc1cccc(-c2c[nH]c(=S)[nH]2)c1.N#Cc1cccc(-c2c[nH]c(=S)[nH]2)c1. The van der Waals surface area contributed by atoms with Crippen LogP contribution in [0.4, 0.5) is 13.2 Å². The molecular weight excluding hydrogens is 447 g/mol. The van der Waals surface area contributed by atoms with Gasteiger partial charge in [-0.1, -0.05) is 24.3 Å². The van der Waals surface area contributed by atoms with E-state index in [9.17, 15) is 13.2 Å². The van der Waals surface area contributed by atoms with E-state index >= 15 is 0 Å². The molecule has 0 amide bonds. The van der Waals surface area contributed by atoms with E-state index in [0.29, 0.717) is 26.4 Å². The van der Waals surface area contributed by atoms with Gasteiger partial charge in [0.15, 0.2) is 9.54 Å². The summed E-state index contributed by atoms with van der Waals surface area (Å²) in [5.74, 6) is -0.268. The number of rotatable bonds is 3. The van der Waals surface area contributed by atoms with Gasteiger partial charge in [0.25, 0.3) is 0 Å². The Labute approximate surface area is 184 Å². The van der Waals surface area contributed by atoms with Gasteiger partial charge >= 0.3 is 6.36 Å². The lowest BCUT2D eigenvalue weighted by Crippen LogP contribution is -2.17. The molecule has 0 aliphatic rings. The number of aromatic amines is 4. The summed E-state index contributed by atoms with van der Waals surface area (Å²) in [4.78, 5) is 11.4. The molecule has 0 atom stereocenters. The van der Waals surface area contributed by atoms with E-state index in [1.165, 1.54) is 18.2 Å². The van der Waals surface area contributed by atoms with Crippen LogP contribution in [0.3, 0.4) is 0 Å². The van der Waals surface area contributed by atoms with Crippen LogP contribution in [-0.2, 0) is 0 Å². The number of ether oxygens (including phenoxy) is 1. The molecule has 0 radical (unpaired) electrons. The van der Waals surface area contributed by atoms with Crippen molar-refractivity contribution in [2.24, 2.45) is 0 Å². The molecule has 0 aliphatic carbocycles. The van der Waals surface area contributed by atoms with Crippen molar-refractivity contribution in [2.45, 2.75) is 6.36 Å². The van der Waals surface area contributed by atoms with E-state index in [1.807, 2.05) is 18.2 Å². The van der Waals surface area contributed by atoms with Crippen LogP contribution in [0, 0.1) is 20.9 Å². The fourth-order valence-electron chi connectivity index (χ4n) is 2.59. The van der Waals surface area contributed by atoms with E-state index in [2.05, 4.69) is 30.7 Å². The second kappa shape index (κ2) is 9.46. The molecule has 4 N–H and O–H groups in total. The first-order valence-corrected chi connectivity index (χ1v) is 9.47. The molecule has 4 aromatic rings. The first-order chi connectivity index (χ1) is 14.7. The van der Waals surface area contributed by atoms with Crippen LogP contribution in [-0.4, -0.2) is 26.3 Å². The normalized spacial score (nSPS) is 10.6. The van der Waals surface area contributed by atoms with E-state index in [0.717, 1.165) is 11.3 Å². The van der Waals surface area contributed by atoms with Crippen molar-refractivity contribution in [3.63, 3.8) is 0 Å². The topological polar surface area (TPSA) is 96.2 Å². The lowest BCUT2D eigenvalue weighted by atomic mass is 10.1. The van der Waals surface area contributed by atoms with Crippen molar-refractivity contribution in [3.8, 4) is 34.3 Å². The zero-order valence-corrected chi connectivity index (χ0v) is 17.2. The molecule has 0 fully saturated rings. The highest BCUT2D eigenvalue weighted by molar-refractivity contribution is 7.71. The largest absolute Gasteiger partial charge is 0.573 e. The van der Waals surface area contributed by atoms with Gasteiger partial charge in [0, 0.05) is 23.5 Å². The van der Waals surface area contributed by atoms with Gasteiger partial charge < -0.3 is 24.7 Å². The molecule has 158 valence electrons. The van der Waals surface area contributed by atoms with Crippen LogP contribution < -0.4 is 4.74 Å². The zero-order valence-electron chi connectivity index (χ0n) is 15.6. The number of halogens is 3. The molecule has 2 aromatic carbocycles. The monoisotopic (exact) mass is 461 g/mol. The quantitative estimate of drug-likeness (QED) is 0.271. The number of nitriles is 1. The van der Waals surface area contributed by atoms with E-state index < -0.39 is 6.36 Å². The minimum absolute atomic E-state index is 0.268. The molecule has 0 unspecified atom stereocenters. The predicted molar refractivity (Wildman–Crippen MR) is 114 cm³/mol. The highest BCUT2D eigenvalue weighted by Crippen LogP contribution is 2.26. The van der Waals surface area contributed by atoms with E-state index in [1.54, 1.807) is 24.5 Å². The highest BCUT2D eigenvalue weighted by atomic mass is 32.1. The molecule has 0 saturated carbocycles. The van der Waals surface area contributed by atoms with Crippen LogP contribution in [0.2, 0.25) is 0 Å². The summed E-state index contributed by atoms with van der Waals surface area (Å²) in [6.07, 6.45) is -1.32. The summed E-state index contributed by atoms with van der Waals surface area (Å²) in [5, 5.41) is 8.73. The molecule has 0 saturated heterocycles. The third kappa shape index (κ3) is 6.43. The minimum Gasteiger partial charge on any atom is -0.406 e. The van der Waals surface area contributed by atoms with Gasteiger partial charge in [0.1, 0.15) is 5.75 Å². The first-order valence-electron chi connectivity index (χ1n) is 8.65. The van der Waals surface area contributed by atoms with Gasteiger partial charge in [0.05, 0.1) is 23.0 Å². The number of H-pyrrole nitrogens is 4. The number of nitrogens with one attached hydrogen (secondary N) is 4. The average Bonchev–Trinajstić information content (AvgIpc) is 3.36. The van der Waals surface area contributed by atoms with Crippen molar-refractivity contribution in [3.05, 3.63) is 76.0 Å². The number of alkyl halides is 3. The van der Waals surface area contributed by atoms with Crippen molar-refractivity contribution >= 4 is 24.4 Å². The van der Waals surface area contributed by atoms with Gasteiger partial charge in [-0.2, -0.15) is 5.26 Å². The summed E-state index contributed by atoms with van der Waals surface area (Å²) in [6.45, 7) is 0. The second-order valence-corrected chi connectivity index (χ2v) is 6.90. The number of nitrogens with zero attached hydrogens (tertiary/aromatic N) is 1. The summed E-state index contributed by atoms with van der Waals surface area (Å²) in [5.41, 5.74) is 3.65. The fourth-order valence-corrected chi connectivity index (χ4v) is 2.93. The molecule has 0 spiro atoms. The van der Waals surface area contributed by atoms with Gasteiger partial charge in [0.2, 0.25) is 0 Å². The number of hydrogen-bond donors (Lipinski definition) is 4. The third-order valence-electron chi connectivity index (χ3n) is 3.87. The Morgan fingerprint density at radius 1 is 0.839 bits per heavy atom. The van der Waals surface area contributed by atoms with Crippen molar-refractivity contribution in [2.75, 3.05) is 0 Å². The molecule has 6 nitrogen and oxygen atoms in total. The van der Waals surface area contributed by atoms with Crippen molar-refractivity contribution < 1.29 is 17.9 Å². The zero-order chi connectivity index (χ0) is 22.4. The number of aromatic nitrogens is 4. The van der Waals surface area contributed by atoms with Crippen molar-refractivity contribution in [1.82, 2.24) is 19.9 Å². The Morgan fingerprint density at radius 2 is 1.39 bits per heavy atom. The lowest BCUT2D eigenvalue weighted by Gasteiger charge is -2.09. The lowest BCUT2D eigenvalue weighted by molar-refractivity contribution is -0.274. The maximum absolute atomic E-state index is 12.0. The average molecular weight is 461 g/mol. The van der Waals surface area contributed by atoms with Crippen LogP contribution in [0.1, 0.15) is 5.56 Å². The van der Waals surface area contributed by atoms with E-state index in [-0.39, 0.29) is 5.75 Å². The number of benzene rings is 2. The van der Waals surface area contributed by atoms with Gasteiger partial charge in [-0.3, -0.25) is 0 Å². The summed E-state index contributed by atoms with van der Waals surface area (Å²) >= 11 is 9.75. The number of hydrogen-bond acceptors (Lipinski definition) is 4. The maximum Gasteiger partial charge on any atom is 0.573 e. The second-order valence-electron chi connectivity index (χ2n) is 6.08. The Kier molecular flexibility index (Phi) is 6.74. The summed E-state index contributed by atoms with van der Waals surface area (Å²) in [6, 6.07) is 15.1. The van der Waals surface area contributed by atoms with Crippen LogP contribution >= 0.6 is 24.4 Å². The van der Waals surface area contributed by atoms with Crippen LogP contribution in [0.5, 0.6) is 5.75 Å². The van der Waals surface area contributed by atoms with Gasteiger partial charge in [-0.25, -0.2) is 0 Å². The first kappa shape index (κ1) is 22.1. The maximum atomic E-state index is 12.0. The summed E-state index contributed by atoms with van der Waals surface area (Å²) < 4.78 is 40.9. The fraction of sp³-hybridized carbons (Fsp3) is 0.0500.